The van der Waals surface area contributed by atoms with Gasteiger partial charge in [-0.2, -0.15) is 0 Å². The third kappa shape index (κ3) is 2.90. The molecule has 98 valence electrons. The third-order valence-corrected chi connectivity index (χ3v) is 4.25. The van der Waals surface area contributed by atoms with Crippen molar-refractivity contribution >= 4 is 17.5 Å². The van der Waals surface area contributed by atoms with Crippen LogP contribution >= 0.6 is 11.6 Å². The molecule has 0 saturated heterocycles. The van der Waals surface area contributed by atoms with Gasteiger partial charge in [-0.1, -0.05) is 6.42 Å². The van der Waals surface area contributed by atoms with Gasteiger partial charge in [-0.15, -0.1) is 11.6 Å². The molecule has 0 spiro atoms. The van der Waals surface area contributed by atoms with Gasteiger partial charge in [0.25, 0.3) is 6.43 Å². The van der Waals surface area contributed by atoms with Crippen LogP contribution in [0.25, 0.3) is 0 Å². The van der Waals surface area contributed by atoms with Crippen LogP contribution in [0.15, 0.2) is 0 Å². The molecule has 2 nitrogen and oxygen atoms in total. The van der Waals surface area contributed by atoms with Gasteiger partial charge in [-0.05, 0) is 31.1 Å². The smallest absolute Gasteiger partial charge is 0.255 e. The highest BCUT2D eigenvalue weighted by Crippen LogP contribution is 2.48. The molecule has 0 N–H and O–H groups in total. The number of rotatable bonds is 5. The lowest BCUT2D eigenvalue weighted by Gasteiger charge is -2.28. The van der Waals surface area contributed by atoms with E-state index in [9.17, 15) is 13.6 Å². The van der Waals surface area contributed by atoms with Crippen LogP contribution in [0.1, 0.15) is 25.7 Å². The molecule has 2 rings (SSSR count). The second kappa shape index (κ2) is 5.51. The van der Waals surface area contributed by atoms with Gasteiger partial charge in [-0.3, -0.25) is 4.79 Å². The quantitative estimate of drug-likeness (QED) is 0.700. The summed E-state index contributed by atoms with van der Waals surface area (Å²) in [5.74, 6) is 1.19. The van der Waals surface area contributed by atoms with Crippen molar-refractivity contribution in [3.8, 4) is 0 Å². The van der Waals surface area contributed by atoms with E-state index in [0.717, 1.165) is 19.3 Å². The number of nitrogens with zero attached hydrogens (tertiary/aromatic N) is 1. The average Bonchev–Trinajstić information content (AvgIpc) is 2.88. The van der Waals surface area contributed by atoms with Crippen LogP contribution in [0.4, 0.5) is 8.78 Å². The number of carbonyl (C=O) groups excluding carboxylic acids is 1. The number of alkyl halides is 3. The van der Waals surface area contributed by atoms with Crippen molar-refractivity contribution in [2.75, 3.05) is 19.0 Å². The summed E-state index contributed by atoms with van der Waals surface area (Å²) in [5.41, 5.74) is 0. The summed E-state index contributed by atoms with van der Waals surface area (Å²) in [4.78, 5) is 13.4. The van der Waals surface area contributed by atoms with Crippen molar-refractivity contribution in [1.29, 1.82) is 0 Å². The molecule has 0 radical (unpaired) electrons. The Morgan fingerprint density at radius 3 is 2.59 bits per heavy atom. The first-order valence-corrected chi connectivity index (χ1v) is 6.78. The SMILES string of the molecule is O=C(C1CC2CCC1C2)N(CCCl)CC(F)F. The standard InChI is InChI=1S/C12H18ClF2NO/c13-3-4-16(7-11(14)15)12(17)10-6-8-1-2-9(10)5-8/h8-11H,1-7H2. The number of amides is 1. The molecular formula is C12H18ClF2NO. The normalized spacial score (nSPS) is 31.2. The van der Waals surface area contributed by atoms with Gasteiger partial charge in [-0.25, -0.2) is 8.78 Å². The molecule has 3 atom stereocenters. The van der Waals surface area contributed by atoms with Gasteiger partial charge in [0, 0.05) is 18.3 Å². The fraction of sp³-hybridized carbons (Fsp3) is 0.917. The highest BCUT2D eigenvalue weighted by atomic mass is 35.5. The second-order valence-corrected chi connectivity index (χ2v) is 5.52. The van der Waals surface area contributed by atoms with Crippen LogP contribution in [0.5, 0.6) is 0 Å². The number of fused-ring (bicyclic) bond motifs is 2. The summed E-state index contributed by atoms with van der Waals surface area (Å²) in [7, 11) is 0. The molecule has 1 amide bonds. The Kier molecular flexibility index (Phi) is 4.23. The van der Waals surface area contributed by atoms with Gasteiger partial charge >= 0.3 is 0 Å². The number of hydrogen-bond donors (Lipinski definition) is 0. The molecule has 0 aromatic rings. The van der Waals surface area contributed by atoms with Crippen molar-refractivity contribution in [1.82, 2.24) is 4.90 Å². The predicted octanol–water partition coefficient (Wildman–Crippen LogP) is 2.76. The summed E-state index contributed by atoms with van der Waals surface area (Å²) in [6, 6.07) is 0. The Morgan fingerprint density at radius 2 is 2.12 bits per heavy atom. The summed E-state index contributed by atoms with van der Waals surface area (Å²) < 4.78 is 24.8. The van der Waals surface area contributed by atoms with Crippen LogP contribution in [-0.4, -0.2) is 36.2 Å². The summed E-state index contributed by atoms with van der Waals surface area (Å²) in [5, 5.41) is 0. The van der Waals surface area contributed by atoms with Crippen LogP contribution < -0.4 is 0 Å². The van der Waals surface area contributed by atoms with Crippen molar-refractivity contribution in [2.24, 2.45) is 17.8 Å². The Labute approximate surface area is 105 Å². The van der Waals surface area contributed by atoms with E-state index < -0.39 is 13.0 Å². The lowest BCUT2D eigenvalue weighted by atomic mass is 9.88. The molecule has 5 heteroatoms. The molecule has 0 aromatic heterocycles. The molecule has 17 heavy (non-hydrogen) atoms. The van der Waals surface area contributed by atoms with Crippen molar-refractivity contribution in [3.05, 3.63) is 0 Å². The van der Waals surface area contributed by atoms with Crippen LogP contribution in [0.3, 0.4) is 0 Å². The Hall–Kier alpha value is -0.380. The van der Waals surface area contributed by atoms with E-state index in [2.05, 4.69) is 0 Å². The lowest BCUT2D eigenvalue weighted by Crippen LogP contribution is -2.42. The number of halogens is 3. The summed E-state index contributed by atoms with van der Waals surface area (Å²) in [6.45, 7) is -0.238. The van der Waals surface area contributed by atoms with Crippen LogP contribution in [0, 0.1) is 17.8 Å². The molecule has 0 heterocycles. The van der Waals surface area contributed by atoms with E-state index in [0.29, 0.717) is 11.8 Å². The maximum absolute atomic E-state index is 12.4. The largest absolute Gasteiger partial charge is 0.336 e. The first-order chi connectivity index (χ1) is 8.11. The first-order valence-electron chi connectivity index (χ1n) is 6.24. The molecule has 2 aliphatic rings. The van der Waals surface area contributed by atoms with Crippen molar-refractivity contribution < 1.29 is 13.6 Å². The molecule has 3 unspecified atom stereocenters. The molecule has 0 aliphatic heterocycles. The summed E-state index contributed by atoms with van der Waals surface area (Å²) >= 11 is 5.57. The fourth-order valence-electron chi connectivity index (χ4n) is 3.34. The molecular weight excluding hydrogens is 248 g/mol. The Bertz CT molecular complexity index is 288. The zero-order valence-electron chi connectivity index (χ0n) is 9.75. The van der Waals surface area contributed by atoms with Gasteiger partial charge in [0.15, 0.2) is 0 Å². The van der Waals surface area contributed by atoms with E-state index in [1.165, 1.54) is 11.3 Å². The molecule has 2 fully saturated rings. The van der Waals surface area contributed by atoms with Crippen LogP contribution in [-0.2, 0) is 4.79 Å². The minimum atomic E-state index is -2.47. The Morgan fingerprint density at radius 1 is 1.35 bits per heavy atom. The van der Waals surface area contributed by atoms with Gasteiger partial charge in [0.05, 0.1) is 6.54 Å². The second-order valence-electron chi connectivity index (χ2n) is 5.15. The number of hydrogen-bond acceptors (Lipinski definition) is 1. The highest BCUT2D eigenvalue weighted by molar-refractivity contribution is 6.18. The number of carbonyl (C=O) groups is 1. The van der Waals surface area contributed by atoms with Gasteiger partial charge < -0.3 is 4.90 Å². The zero-order valence-corrected chi connectivity index (χ0v) is 10.5. The van der Waals surface area contributed by atoms with E-state index in [4.69, 9.17) is 11.6 Å². The summed E-state index contributed by atoms with van der Waals surface area (Å²) in [6.07, 6.45) is 1.83. The maximum atomic E-state index is 12.4. The monoisotopic (exact) mass is 265 g/mol. The minimum Gasteiger partial charge on any atom is -0.336 e. The third-order valence-electron chi connectivity index (χ3n) is 4.08. The molecule has 2 aliphatic carbocycles. The molecule has 2 saturated carbocycles. The molecule has 2 bridgehead atoms. The minimum absolute atomic E-state index is 0.0179. The Balaban J connectivity index is 1.96. The average molecular weight is 266 g/mol. The van der Waals surface area contributed by atoms with E-state index >= 15 is 0 Å². The topological polar surface area (TPSA) is 20.3 Å². The van der Waals surface area contributed by atoms with E-state index in [-0.39, 0.29) is 24.2 Å². The lowest BCUT2D eigenvalue weighted by molar-refractivity contribution is -0.138. The molecule has 0 aromatic carbocycles. The predicted molar refractivity (Wildman–Crippen MR) is 62.2 cm³/mol. The van der Waals surface area contributed by atoms with E-state index in [1.54, 1.807) is 0 Å². The zero-order chi connectivity index (χ0) is 12.4. The van der Waals surface area contributed by atoms with Gasteiger partial charge in [0.1, 0.15) is 0 Å². The van der Waals surface area contributed by atoms with E-state index in [1.807, 2.05) is 0 Å². The maximum Gasteiger partial charge on any atom is 0.255 e. The fourth-order valence-corrected chi connectivity index (χ4v) is 3.55. The highest BCUT2D eigenvalue weighted by Gasteiger charge is 2.44. The first kappa shape index (κ1) is 13.1. The van der Waals surface area contributed by atoms with Crippen molar-refractivity contribution in [3.63, 3.8) is 0 Å². The van der Waals surface area contributed by atoms with Crippen molar-refractivity contribution in [2.45, 2.75) is 32.1 Å². The van der Waals surface area contributed by atoms with Gasteiger partial charge in [0.2, 0.25) is 5.91 Å². The van der Waals surface area contributed by atoms with Crippen LogP contribution in [0.2, 0.25) is 0 Å².